The molecular weight excluding hydrogens is 554 g/mol. The van der Waals surface area contributed by atoms with E-state index in [1.807, 2.05) is 47.8 Å². The maximum Gasteiger partial charge on any atom is 0.315 e. The van der Waals surface area contributed by atoms with Gasteiger partial charge in [-0.15, -0.1) is 0 Å². The van der Waals surface area contributed by atoms with Crippen LogP contribution in [0.2, 0.25) is 0 Å². The number of nitrogens with zero attached hydrogens (tertiary/aromatic N) is 1. The van der Waals surface area contributed by atoms with Gasteiger partial charge < -0.3 is 26.6 Å². The number of carbonyl (C=O) groups excluding carboxylic acids is 5. The number of amides is 5. The second kappa shape index (κ2) is 13.6. The van der Waals surface area contributed by atoms with Gasteiger partial charge >= 0.3 is 6.03 Å². The highest BCUT2D eigenvalue weighted by atomic mass is 32.2. The first kappa shape index (κ1) is 34.2. The predicted molar refractivity (Wildman–Crippen MR) is 166 cm³/mol. The second-order valence-corrected chi connectivity index (χ2v) is 15.7. The molecule has 0 aromatic heterocycles. The average Bonchev–Trinajstić information content (AvgIpc) is 3.58. The summed E-state index contributed by atoms with van der Waals surface area (Å²) in [5.74, 6) is -1.79. The summed E-state index contributed by atoms with van der Waals surface area (Å²) in [4.78, 5) is 67.6. The Kier molecular flexibility index (Phi) is 11.0. The number of urea groups is 1. The van der Waals surface area contributed by atoms with Gasteiger partial charge in [-0.2, -0.15) is 11.8 Å². The first-order chi connectivity index (χ1) is 19.5. The van der Waals surface area contributed by atoms with Gasteiger partial charge in [-0.05, 0) is 54.6 Å². The molecule has 5 N–H and O–H groups in total. The Hall–Kier alpha value is -2.30. The maximum absolute atomic E-state index is 14.3. The number of thioether (sulfide) groups is 1. The van der Waals surface area contributed by atoms with Crippen LogP contribution in [0.25, 0.3) is 0 Å². The van der Waals surface area contributed by atoms with Crippen molar-refractivity contribution in [1.82, 2.24) is 20.9 Å². The van der Waals surface area contributed by atoms with Gasteiger partial charge in [0.05, 0.1) is 11.6 Å². The Morgan fingerprint density at radius 2 is 1.57 bits per heavy atom. The number of primary amides is 1. The second-order valence-electron chi connectivity index (χ2n) is 14.9. The lowest BCUT2D eigenvalue weighted by molar-refractivity contribution is -0.145. The number of Topliss-reactive ketones (excluding diaryl/α,β-unsaturated/α-hetero) is 1. The highest BCUT2D eigenvalue weighted by Crippen LogP contribution is 2.40. The number of nitrogens with two attached hydrogens (primary N) is 1. The van der Waals surface area contributed by atoms with E-state index in [9.17, 15) is 24.0 Å². The highest BCUT2D eigenvalue weighted by molar-refractivity contribution is 7.98. The number of carbonyl (C=O) groups is 5. The molecule has 3 unspecified atom stereocenters. The van der Waals surface area contributed by atoms with Crippen molar-refractivity contribution in [3.8, 4) is 0 Å². The SMILES string of the molecule is CSCC1(NC(=O)N[C@H](C(=O)N2CCC(C(C)(C)C)C2C(=O)NC(CC2CC2)C(=O)C(N)=O)C(C)(C)C)CCCCC1. The predicted octanol–water partition coefficient (Wildman–Crippen LogP) is 3.37. The minimum Gasteiger partial charge on any atom is -0.363 e. The highest BCUT2D eigenvalue weighted by Gasteiger charge is 2.50. The summed E-state index contributed by atoms with van der Waals surface area (Å²) >= 11 is 1.71. The number of hydrogen-bond acceptors (Lipinski definition) is 6. The molecule has 238 valence electrons. The third-order valence-corrected chi connectivity index (χ3v) is 10.0. The van der Waals surface area contributed by atoms with Crippen molar-refractivity contribution in [1.29, 1.82) is 0 Å². The van der Waals surface area contributed by atoms with Crippen molar-refractivity contribution in [2.45, 2.75) is 123 Å². The van der Waals surface area contributed by atoms with Gasteiger partial charge in [-0.1, -0.05) is 73.6 Å². The molecule has 3 aliphatic rings. The largest absolute Gasteiger partial charge is 0.363 e. The molecule has 5 amide bonds. The van der Waals surface area contributed by atoms with Crippen molar-refractivity contribution in [2.24, 2.45) is 28.4 Å². The quantitative estimate of drug-likeness (QED) is 0.265. The Morgan fingerprint density at radius 3 is 2.07 bits per heavy atom. The molecule has 0 radical (unpaired) electrons. The van der Waals surface area contributed by atoms with E-state index in [2.05, 4.69) is 16.0 Å². The number of likely N-dealkylation sites (tertiary alicyclic amines) is 1. The lowest BCUT2D eigenvalue weighted by Crippen LogP contribution is -2.63. The Bertz CT molecular complexity index is 1020. The monoisotopic (exact) mass is 607 g/mol. The maximum atomic E-state index is 14.3. The van der Waals surface area contributed by atoms with Gasteiger partial charge in [-0.3, -0.25) is 19.2 Å². The van der Waals surface area contributed by atoms with Crippen molar-refractivity contribution < 1.29 is 24.0 Å². The lowest BCUT2D eigenvalue weighted by atomic mass is 9.75. The topological polar surface area (TPSA) is 151 Å². The van der Waals surface area contributed by atoms with Crippen LogP contribution in [-0.4, -0.2) is 76.7 Å². The molecule has 0 aromatic rings. The van der Waals surface area contributed by atoms with E-state index in [-0.39, 0.29) is 34.7 Å². The van der Waals surface area contributed by atoms with E-state index >= 15 is 0 Å². The molecule has 3 fully saturated rings. The third-order valence-electron chi connectivity index (χ3n) is 9.20. The molecule has 0 aromatic carbocycles. The Labute approximate surface area is 255 Å². The summed E-state index contributed by atoms with van der Waals surface area (Å²) in [6.45, 7) is 12.1. The molecule has 42 heavy (non-hydrogen) atoms. The molecule has 10 nitrogen and oxygen atoms in total. The molecule has 2 saturated carbocycles. The van der Waals surface area contributed by atoms with Crippen LogP contribution >= 0.6 is 11.8 Å². The van der Waals surface area contributed by atoms with Gasteiger partial charge in [0.1, 0.15) is 12.1 Å². The van der Waals surface area contributed by atoms with Gasteiger partial charge in [0.2, 0.25) is 17.6 Å². The van der Waals surface area contributed by atoms with Crippen molar-refractivity contribution in [2.75, 3.05) is 18.6 Å². The van der Waals surface area contributed by atoms with Crippen LogP contribution in [0.1, 0.15) is 99.3 Å². The van der Waals surface area contributed by atoms with Gasteiger partial charge in [-0.25, -0.2) is 4.79 Å². The fourth-order valence-electron chi connectivity index (χ4n) is 6.65. The summed E-state index contributed by atoms with van der Waals surface area (Å²) in [6, 6.07) is -3.11. The van der Waals surface area contributed by atoms with Crippen molar-refractivity contribution in [3.05, 3.63) is 0 Å². The molecule has 1 heterocycles. The molecule has 0 spiro atoms. The van der Waals surface area contributed by atoms with E-state index in [0.717, 1.165) is 50.7 Å². The average molecular weight is 608 g/mol. The molecular formula is C31H53N5O5S. The van der Waals surface area contributed by atoms with Crippen LogP contribution in [0.3, 0.4) is 0 Å². The fourth-order valence-corrected chi connectivity index (χ4v) is 7.56. The zero-order chi connectivity index (χ0) is 31.5. The normalized spacial score (nSPS) is 23.9. The summed E-state index contributed by atoms with van der Waals surface area (Å²) in [7, 11) is 0. The van der Waals surface area contributed by atoms with E-state index < -0.39 is 41.1 Å². The molecule has 1 aliphatic heterocycles. The number of rotatable bonds is 11. The molecule has 11 heteroatoms. The molecule has 3 rings (SSSR count). The first-order valence-corrected chi connectivity index (χ1v) is 16.9. The number of hydrogen-bond donors (Lipinski definition) is 4. The summed E-state index contributed by atoms with van der Waals surface area (Å²) < 4.78 is 0. The Morgan fingerprint density at radius 1 is 0.952 bits per heavy atom. The van der Waals surface area contributed by atoms with E-state index in [0.29, 0.717) is 19.4 Å². The van der Waals surface area contributed by atoms with Crippen molar-refractivity contribution >= 4 is 41.3 Å². The van der Waals surface area contributed by atoms with E-state index in [1.165, 1.54) is 0 Å². The van der Waals surface area contributed by atoms with E-state index in [4.69, 9.17) is 5.73 Å². The van der Waals surface area contributed by atoms with Crippen LogP contribution in [0, 0.1) is 22.7 Å². The van der Waals surface area contributed by atoms with Gasteiger partial charge in [0.15, 0.2) is 0 Å². The Balaban J connectivity index is 1.85. The molecule has 2 aliphatic carbocycles. The summed E-state index contributed by atoms with van der Waals surface area (Å²) in [5.41, 5.74) is 4.06. The molecule has 1 saturated heterocycles. The van der Waals surface area contributed by atoms with Crippen LogP contribution in [-0.2, 0) is 19.2 Å². The minimum atomic E-state index is -1.08. The van der Waals surface area contributed by atoms with Crippen LogP contribution < -0.4 is 21.7 Å². The standard InChI is InChI=1S/C31H53N5O5S/c1-29(2,3)20-13-16-36(22(20)26(39)33-21(17-19-11-12-19)23(37)25(32)38)27(40)24(30(4,5)6)34-28(41)35-31(18-42-7)14-9-8-10-15-31/h19-22,24H,8-18H2,1-7H3,(H2,32,38)(H,33,39)(H2,34,35,41)/t20?,21?,22?,24-/m1/s1. The van der Waals surface area contributed by atoms with Crippen LogP contribution in [0.5, 0.6) is 0 Å². The number of nitrogens with one attached hydrogen (secondary N) is 3. The minimum absolute atomic E-state index is 0.187. The van der Waals surface area contributed by atoms with Gasteiger partial charge in [0, 0.05) is 12.3 Å². The van der Waals surface area contributed by atoms with E-state index in [1.54, 1.807) is 16.7 Å². The van der Waals surface area contributed by atoms with Crippen molar-refractivity contribution in [3.63, 3.8) is 0 Å². The lowest BCUT2D eigenvalue weighted by Gasteiger charge is -2.40. The fraction of sp³-hybridized carbons (Fsp3) is 0.839. The zero-order valence-electron chi connectivity index (χ0n) is 26.6. The molecule has 0 bridgehead atoms. The molecule has 4 atom stereocenters. The zero-order valence-corrected chi connectivity index (χ0v) is 27.5. The van der Waals surface area contributed by atoms with Crippen LogP contribution in [0.4, 0.5) is 4.79 Å². The third kappa shape index (κ3) is 8.63. The summed E-state index contributed by atoms with van der Waals surface area (Å²) in [5, 5.41) is 9.01. The first-order valence-electron chi connectivity index (χ1n) is 15.5. The smallest absolute Gasteiger partial charge is 0.315 e. The van der Waals surface area contributed by atoms with Crippen LogP contribution in [0.15, 0.2) is 0 Å². The van der Waals surface area contributed by atoms with Gasteiger partial charge in [0.25, 0.3) is 5.91 Å². The summed E-state index contributed by atoms with van der Waals surface area (Å²) in [6.07, 6.45) is 9.96. The number of ketones is 1.